The molecular formula is C21H20ClF2N3O2. The third-order valence-corrected chi connectivity index (χ3v) is 4.63. The Morgan fingerprint density at radius 2 is 1.90 bits per heavy atom. The van der Waals surface area contributed by atoms with E-state index < -0.39 is 17.8 Å². The van der Waals surface area contributed by atoms with Gasteiger partial charge in [-0.15, -0.1) is 0 Å². The van der Waals surface area contributed by atoms with Crippen LogP contribution in [-0.4, -0.2) is 28.3 Å². The zero-order valence-corrected chi connectivity index (χ0v) is 16.7. The maximum absolute atomic E-state index is 13.6. The van der Waals surface area contributed by atoms with Gasteiger partial charge in [0.05, 0.1) is 23.8 Å². The van der Waals surface area contributed by atoms with Gasteiger partial charge in [0.25, 0.3) is 5.91 Å². The zero-order chi connectivity index (χ0) is 21.0. The molecule has 0 radical (unpaired) electrons. The fourth-order valence-corrected chi connectivity index (χ4v) is 3.11. The molecule has 8 heteroatoms. The minimum atomic E-state index is -0.466. The van der Waals surface area contributed by atoms with Crippen LogP contribution < -0.4 is 10.1 Å². The van der Waals surface area contributed by atoms with Crippen molar-refractivity contribution < 1.29 is 18.3 Å². The molecule has 3 rings (SSSR count). The summed E-state index contributed by atoms with van der Waals surface area (Å²) in [5, 5.41) is 7.28. The Balaban J connectivity index is 1.65. The van der Waals surface area contributed by atoms with E-state index in [0.29, 0.717) is 12.2 Å². The lowest BCUT2D eigenvalue weighted by Crippen LogP contribution is -2.37. The normalized spacial score (nSPS) is 11.9. The molecule has 1 N–H and O–H groups in total. The number of aryl methyl sites for hydroxylation is 1. The first-order chi connectivity index (χ1) is 13.8. The predicted molar refractivity (Wildman–Crippen MR) is 106 cm³/mol. The molecule has 1 aromatic heterocycles. The number of benzene rings is 2. The highest BCUT2D eigenvalue weighted by Gasteiger charge is 2.22. The zero-order valence-electron chi connectivity index (χ0n) is 16.0. The molecule has 0 spiro atoms. The van der Waals surface area contributed by atoms with Crippen molar-refractivity contribution >= 4 is 17.5 Å². The first-order valence-corrected chi connectivity index (χ1v) is 9.38. The molecule has 3 aromatic rings. The van der Waals surface area contributed by atoms with Gasteiger partial charge in [-0.25, -0.2) is 13.5 Å². The average Bonchev–Trinajstić information content (AvgIpc) is 2.96. The number of halogens is 3. The van der Waals surface area contributed by atoms with Crippen LogP contribution in [0.3, 0.4) is 0 Å². The summed E-state index contributed by atoms with van der Waals surface area (Å²) in [6.07, 6.45) is 0. The fourth-order valence-electron chi connectivity index (χ4n) is 2.79. The van der Waals surface area contributed by atoms with E-state index in [2.05, 4.69) is 10.4 Å². The highest BCUT2D eigenvalue weighted by Crippen LogP contribution is 2.21. The number of ether oxygens (including phenoxy) is 1. The SMILES string of the molecule is Cc1nn(Cc2ccc(F)cc2)c(Cl)c1C(=O)NC(C)COc1ccccc1F. The monoisotopic (exact) mass is 419 g/mol. The second kappa shape index (κ2) is 9.05. The summed E-state index contributed by atoms with van der Waals surface area (Å²) < 4.78 is 33.6. The molecule has 0 aliphatic rings. The van der Waals surface area contributed by atoms with Crippen molar-refractivity contribution in [1.82, 2.24) is 15.1 Å². The van der Waals surface area contributed by atoms with Crippen LogP contribution in [0.1, 0.15) is 28.5 Å². The first kappa shape index (κ1) is 20.8. The van der Waals surface area contributed by atoms with Crippen molar-refractivity contribution in [3.63, 3.8) is 0 Å². The molecule has 29 heavy (non-hydrogen) atoms. The minimum Gasteiger partial charge on any atom is -0.488 e. The molecule has 1 unspecified atom stereocenters. The maximum Gasteiger partial charge on any atom is 0.256 e. The molecule has 0 saturated heterocycles. The third kappa shape index (κ3) is 5.12. The number of nitrogens with one attached hydrogen (secondary N) is 1. The molecule has 5 nitrogen and oxygen atoms in total. The number of para-hydroxylation sites is 1. The van der Waals surface area contributed by atoms with Gasteiger partial charge in [-0.2, -0.15) is 5.10 Å². The topological polar surface area (TPSA) is 56.2 Å². The van der Waals surface area contributed by atoms with Crippen LogP contribution in [0, 0.1) is 18.6 Å². The van der Waals surface area contributed by atoms with E-state index in [0.717, 1.165) is 5.56 Å². The first-order valence-electron chi connectivity index (χ1n) is 9.00. The summed E-state index contributed by atoms with van der Waals surface area (Å²) in [5.41, 5.74) is 1.53. The molecule has 152 valence electrons. The van der Waals surface area contributed by atoms with Crippen LogP contribution in [0.4, 0.5) is 8.78 Å². The molecule has 2 aromatic carbocycles. The van der Waals surface area contributed by atoms with E-state index in [4.69, 9.17) is 16.3 Å². The van der Waals surface area contributed by atoms with E-state index in [1.807, 2.05) is 0 Å². The summed E-state index contributed by atoms with van der Waals surface area (Å²) >= 11 is 6.37. The van der Waals surface area contributed by atoms with Gasteiger partial charge in [0.2, 0.25) is 0 Å². The van der Waals surface area contributed by atoms with Crippen molar-refractivity contribution in [3.8, 4) is 5.75 Å². The molecule has 1 amide bonds. The van der Waals surface area contributed by atoms with E-state index >= 15 is 0 Å². The Hall–Kier alpha value is -2.93. The van der Waals surface area contributed by atoms with Crippen molar-refractivity contribution in [2.45, 2.75) is 26.4 Å². The van der Waals surface area contributed by atoms with Gasteiger partial charge in [0.15, 0.2) is 11.6 Å². The molecule has 1 atom stereocenters. The summed E-state index contributed by atoms with van der Waals surface area (Å²) in [4.78, 5) is 12.7. The summed E-state index contributed by atoms with van der Waals surface area (Å²) in [6, 6.07) is 11.6. The maximum atomic E-state index is 13.6. The summed E-state index contributed by atoms with van der Waals surface area (Å²) in [7, 11) is 0. The lowest BCUT2D eigenvalue weighted by atomic mass is 10.2. The van der Waals surface area contributed by atoms with Gasteiger partial charge in [0, 0.05) is 0 Å². The molecule has 0 aliphatic heterocycles. The van der Waals surface area contributed by atoms with Gasteiger partial charge >= 0.3 is 0 Å². The number of hydrogen-bond donors (Lipinski definition) is 1. The Morgan fingerprint density at radius 3 is 2.59 bits per heavy atom. The van der Waals surface area contributed by atoms with Crippen LogP contribution in [0.15, 0.2) is 48.5 Å². The van der Waals surface area contributed by atoms with E-state index in [1.165, 1.54) is 28.9 Å². The van der Waals surface area contributed by atoms with E-state index in [-0.39, 0.29) is 28.9 Å². The highest BCUT2D eigenvalue weighted by atomic mass is 35.5. The highest BCUT2D eigenvalue weighted by molar-refractivity contribution is 6.33. The number of carbonyl (C=O) groups is 1. The molecule has 0 bridgehead atoms. The molecule has 0 fully saturated rings. The third-order valence-electron chi connectivity index (χ3n) is 4.24. The van der Waals surface area contributed by atoms with Crippen LogP contribution in [0.5, 0.6) is 5.75 Å². The smallest absolute Gasteiger partial charge is 0.256 e. The van der Waals surface area contributed by atoms with Crippen LogP contribution in [-0.2, 0) is 6.54 Å². The number of hydrogen-bond acceptors (Lipinski definition) is 3. The lowest BCUT2D eigenvalue weighted by molar-refractivity contribution is 0.0925. The van der Waals surface area contributed by atoms with Gasteiger partial charge in [-0.05, 0) is 43.7 Å². The number of nitrogens with zero attached hydrogens (tertiary/aromatic N) is 2. The Morgan fingerprint density at radius 1 is 1.21 bits per heavy atom. The number of aromatic nitrogens is 2. The second-order valence-electron chi connectivity index (χ2n) is 6.65. The van der Waals surface area contributed by atoms with E-state index in [9.17, 15) is 13.6 Å². The minimum absolute atomic E-state index is 0.0903. The lowest BCUT2D eigenvalue weighted by Gasteiger charge is -2.15. The van der Waals surface area contributed by atoms with Gasteiger partial charge in [0.1, 0.15) is 17.6 Å². The summed E-state index contributed by atoms with van der Waals surface area (Å²) in [5.74, 6) is -1.08. The van der Waals surface area contributed by atoms with Crippen molar-refractivity contribution in [1.29, 1.82) is 0 Å². The van der Waals surface area contributed by atoms with Crippen molar-refractivity contribution in [2.24, 2.45) is 0 Å². The standard InChI is InChI=1S/C21H20ClF2N3O2/c1-13(12-29-18-6-4-3-5-17(18)24)25-21(28)19-14(2)26-27(20(19)22)11-15-7-9-16(23)10-8-15/h3-10,13H,11-12H2,1-2H3,(H,25,28). The Bertz CT molecular complexity index is 1010. The largest absolute Gasteiger partial charge is 0.488 e. The van der Waals surface area contributed by atoms with Crippen LogP contribution in [0.25, 0.3) is 0 Å². The molecule has 0 saturated carbocycles. The second-order valence-corrected chi connectivity index (χ2v) is 7.01. The Labute approximate surface area is 172 Å². The van der Waals surface area contributed by atoms with Crippen molar-refractivity contribution in [2.75, 3.05) is 6.61 Å². The molecule has 0 aliphatic carbocycles. The predicted octanol–water partition coefficient (Wildman–Crippen LogP) is 4.37. The van der Waals surface area contributed by atoms with Crippen LogP contribution in [0.2, 0.25) is 5.15 Å². The fraction of sp³-hybridized carbons (Fsp3) is 0.238. The number of amides is 1. The van der Waals surface area contributed by atoms with E-state index in [1.54, 1.807) is 38.1 Å². The van der Waals surface area contributed by atoms with Gasteiger partial charge in [-0.1, -0.05) is 35.9 Å². The molecule has 1 heterocycles. The number of carbonyl (C=O) groups excluding carboxylic acids is 1. The summed E-state index contributed by atoms with van der Waals surface area (Å²) in [6.45, 7) is 3.82. The molecular weight excluding hydrogens is 400 g/mol. The van der Waals surface area contributed by atoms with Gasteiger partial charge < -0.3 is 10.1 Å². The quantitative estimate of drug-likeness (QED) is 0.618. The number of rotatable bonds is 7. The Kier molecular flexibility index (Phi) is 6.49. The van der Waals surface area contributed by atoms with Gasteiger partial charge in [-0.3, -0.25) is 4.79 Å². The average molecular weight is 420 g/mol. The van der Waals surface area contributed by atoms with Crippen molar-refractivity contribution in [3.05, 3.63) is 82.1 Å². The van der Waals surface area contributed by atoms with Crippen LogP contribution >= 0.6 is 11.6 Å².